The van der Waals surface area contributed by atoms with E-state index in [0.717, 1.165) is 43.0 Å². The van der Waals surface area contributed by atoms with Crippen molar-refractivity contribution in [2.45, 2.75) is 6.92 Å². The number of nitrogen functional groups attached to an aromatic ring is 1. The van der Waals surface area contributed by atoms with Crippen molar-refractivity contribution < 1.29 is 9.53 Å². The van der Waals surface area contributed by atoms with E-state index in [1.165, 1.54) is 0 Å². The highest BCUT2D eigenvalue weighted by Crippen LogP contribution is 2.30. The summed E-state index contributed by atoms with van der Waals surface area (Å²) in [7, 11) is 0. The molecule has 1 saturated heterocycles. The third-order valence-corrected chi connectivity index (χ3v) is 4.54. The zero-order valence-electron chi connectivity index (χ0n) is 16.7. The molecule has 0 unspecified atom stereocenters. The average molecular weight is 389 g/mol. The van der Waals surface area contributed by atoms with Crippen molar-refractivity contribution in [2.24, 2.45) is 0 Å². The minimum absolute atomic E-state index is 0.146. The molecule has 3 aromatic carbocycles. The largest absolute Gasteiger partial charge is 0.399 e. The van der Waals surface area contributed by atoms with E-state index < -0.39 is 0 Å². The maximum atomic E-state index is 12.5. The predicted molar refractivity (Wildman–Crippen MR) is 119 cm³/mol. The van der Waals surface area contributed by atoms with Crippen LogP contribution in [0.2, 0.25) is 0 Å². The van der Waals surface area contributed by atoms with E-state index in [-0.39, 0.29) is 5.91 Å². The number of nitrogens with two attached hydrogens (primary N) is 1. The Bertz CT molecular complexity index is 909. The van der Waals surface area contributed by atoms with Gasteiger partial charge in [-0.3, -0.25) is 4.79 Å². The average Bonchev–Trinajstić information content (AvgIpc) is 2.76. The predicted octanol–water partition coefficient (Wildman–Crippen LogP) is 4.10. The number of aryl methyl sites for hydroxylation is 1. The number of anilines is 2. The molecule has 0 saturated carbocycles. The molecule has 0 radical (unpaired) electrons. The molecular weight excluding hydrogens is 362 g/mol. The Labute approximate surface area is 171 Å². The number of hydrogen-bond acceptors (Lipinski definition) is 4. The summed E-state index contributed by atoms with van der Waals surface area (Å²) in [5.74, 6) is -0.146. The van der Waals surface area contributed by atoms with Crippen LogP contribution in [0.4, 0.5) is 11.4 Å². The molecule has 29 heavy (non-hydrogen) atoms. The second kappa shape index (κ2) is 10.4. The summed E-state index contributed by atoms with van der Waals surface area (Å²) in [5, 5.41) is 6.13. The normalized spacial score (nSPS) is 13.1. The molecule has 1 heterocycles. The molecular formula is C24H27N3O2. The molecule has 1 amide bonds. The Kier molecular flexibility index (Phi) is 7.39. The molecule has 1 aliphatic rings. The number of nitrogens with one attached hydrogen (secondary N) is 2. The summed E-state index contributed by atoms with van der Waals surface area (Å²) >= 11 is 0. The minimum atomic E-state index is -0.146. The lowest BCUT2D eigenvalue weighted by Gasteiger charge is -2.12. The SMILES string of the molecule is C1COCCN1.Cc1ccc(C(=O)Nc2cc(N)ccc2-c2ccccc2)cc1. The Morgan fingerprint density at radius 1 is 0.966 bits per heavy atom. The van der Waals surface area contributed by atoms with Gasteiger partial charge in [0.1, 0.15) is 0 Å². The molecule has 150 valence electrons. The zero-order chi connectivity index (χ0) is 20.5. The Balaban J connectivity index is 0.000000343. The number of carbonyl (C=O) groups excluding carboxylic acids is 1. The maximum absolute atomic E-state index is 12.5. The molecule has 1 aliphatic heterocycles. The van der Waals surface area contributed by atoms with Gasteiger partial charge in [-0.15, -0.1) is 0 Å². The second-order valence-electron chi connectivity index (χ2n) is 6.85. The number of benzene rings is 3. The van der Waals surface area contributed by atoms with E-state index in [4.69, 9.17) is 10.5 Å². The molecule has 4 N–H and O–H groups in total. The minimum Gasteiger partial charge on any atom is -0.399 e. The lowest BCUT2D eigenvalue weighted by atomic mass is 10.0. The van der Waals surface area contributed by atoms with Crippen LogP contribution in [0.5, 0.6) is 0 Å². The van der Waals surface area contributed by atoms with Crippen LogP contribution in [0.25, 0.3) is 11.1 Å². The van der Waals surface area contributed by atoms with Gasteiger partial charge in [-0.25, -0.2) is 0 Å². The highest BCUT2D eigenvalue weighted by molar-refractivity contribution is 6.06. The molecule has 0 bridgehead atoms. The smallest absolute Gasteiger partial charge is 0.255 e. The van der Waals surface area contributed by atoms with Gasteiger partial charge in [0, 0.05) is 29.9 Å². The van der Waals surface area contributed by atoms with Crippen molar-refractivity contribution in [1.29, 1.82) is 0 Å². The Hall–Kier alpha value is -3.15. The summed E-state index contributed by atoms with van der Waals surface area (Å²) in [6.07, 6.45) is 0. The van der Waals surface area contributed by atoms with Crippen molar-refractivity contribution in [1.82, 2.24) is 5.32 Å². The first-order chi connectivity index (χ1) is 14.1. The third kappa shape index (κ3) is 6.17. The van der Waals surface area contributed by atoms with E-state index >= 15 is 0 Å². The third-order valence-electron chi connectivity index (χ3n) is 4.54. The van der Waals surface area contributed by atoms with Gasteiger partial charge in [-0.2, -0.15) is 0 Å². The fourth-order valence-corrected chi connectivity index (χ4v) is 2.95. The number of rotatable bonds is 3. The van der Waals surface area contributed by atoms with E-state index in [0.29, 0.717) is 16.9 Å². The molecule has 0 atom stereocenters. The summed E-state index contributed by atoms with van der Waals surface area (Å²) in [6.45, 7) is 5.83. The highest BCUT2D eigenvalue weighted by Gasteiger charge is 2.11. The Morgan fingerprint density at radius 3 is 2.24 bits per heavy atom. The number of carbonyl (C=O) groups is 1. The first-order valence-corrected chi connectivity index (χ1v) is 9.75. The van der Waals surface area contributed by atoms with Crippen LogP contribution in [0.3, 0.4) is 0 Å². The van der Waals surface area contributed by atoms with Crippen molar-refractivity contribution in [3.05, 3.63) is 83.9 Å². The van der Waals surface area contributed by atoms with E-state index in [1.807, 2.05) is 73.7 Å². The fraction of sp³-hybridized carbons (Fsp3) is 0.208. The van der Waals surface area contributed by atoms with Crippen LogP contribution in [0, 0.1) is 6.92 Å². The molecule has 1 fully saturated rings. The van der Waals surface area contributed by atoms with E-state index in [2.05, 4.69) is 10.6 Å². The quantitative estimate of drug-likeness (QED) is 0.590. The number of amides is 1. The van der Waals surface area contributed by atoms with Crippen LogP contribution in [-0.2, 0) is 4.74 Å². The summed E-state index contributed by atoms with van der Waals surface area (Å²) in [4.78, 5) is 12.5. The molecule has 0 spiro atoms. The number of hydrogen-bond donors (Lipinski definition) is 3. The van der Waals surface area contributed by atoms with Crippen molar-refractivity contribution in [3.63, 3.8) is 0 Å². The lowest BCUT2D eigenvalue weighted by Crippen LogP contribution is -2.30. The van der Waals surface area contributed by atoms with Gasteiger partial charge in [0.05, 0.1) is 18.9 Å². The van der Waals surface area contributed by atoms with E-state index in [9.17, 15) is 4.79 Å². The topological polar surface area (TPSA) is 76.4 Å². The van der Waals surface area contributed by atoms with Crippen LogP contribution < -0.4 is 16.4 Å². The number of ether oxygens (including phenoxy) is 1. The van der Waals surface area contributed by atoms with Gasteiger partial charge in [0.25, 0.3) is 5.91 Å². The zero-order valence-corrected chi connectivity index (χ0v) is 16.7. The molecule has 0 aromatic heterocycles. The van der Waals surface area contributed by atoms with Gasteiger partial charge < -0.3 is 21.1 Å². The van der Waals surface area contributed by atoms with Crippen molar-refractivity contribution in [3.8, 4) is 11.1 Å². The Morgan fingerprint density at radius 2 is 1.66 bits per heavy atom. The molecule has 0 aliphatic carbocycles. The molecule has 4 rings (SSSR count). The fourth-order valence-electron chi connectivity index (χ4n) is 2.95. The molecule has 3 aromatic rings. The highest BCUT2D eigenvalue weighted by atomic mass is 16.5. The van der Waals surface area contributed by atoms with Gasteiger partial charge in [-0.05, 0) is 36.8 Å². The van der Waals surface area contributed by atoms with Crippen LogP contribution >= 0.6 is 0 Å². The number of morpholine rings is 1. The first-order valence-electron chi connectivity index (χ1n) is 9.75. The summed E-state index contributed by atoms with van der Waals surface area (Å²) in [5.41, 5.74) is 10.9. The lowest BCUT2D eigenvalue weighted by molar-refractivity contribution is 0.102. The monoisotopic (exact) mass is 389 g/mol. The maximum Gasteiger partial charge on any atom is 0.255 e. The van der Waals surface area contributed by atoms with Gasteiger partial charge in [0.2, 0.25) is 0 Å². The van der Waals surface area contributed by atoms with Crippen molar-refractivity contribution in [2.75, 3.05) is 37.4 Å². The van der Waals surface area contributed by atoms with Crippen LogP contribution in [0.1, 0.15) is 15.9 Å². The molecule has 5 heteroatoms. The van der Waals surface area contributed by atoms with Gasteiger partial charge >= 0.3 is 0 Å². The van der Waals surface area contributed by atoms with E-state index in [1.54, 1.807) is 6.07 Å². The van der Waals surface area contributed by atoms with Crippen LogP contribution in [-0.4, -0.2) is 32.2 Å². The molecule has 5 nitrogen and oxygen atoms in total. The van der Waals surface area contributed by atoms with Crippen LogP contribution in [0.15, 0.2) is 72.8 Å². The first kappa shape index (κ1) is 20.6. The van der Waals surface area contributed by atoms with Crippen molar-refractivity contribution >= 4 is 17.3 Å². The van der Waals surface area contributed by atoms with Gasteiger partial charge in [0.15, 0.2) is 0 Å². The summed E-state index contributed by atoms with van der Waals surface area (Å²) in [6, 6.07) is 22.9. The second-order valence-corrected chi connectivity index (χ2v) is 6.85. The standard InChI is InChI=1S/C20H18N2O.C4H9NO/c1-14-7-9-16(10-8-14)20(23)22-19-13-17(21)11-12-18(19)15-5-3-2-4-6-15;1-3-6-4-2-5-1/h2-13H,21H2,1H3,(H,22,23);5H,1-4H2. The summed E-state index contributed by atoms with van der Waals surface area (Å²) < 4.78 is 5.01. The van der Waals surface area contributed by atoms with Gasteiger partial charge in [-0.1, -0.05) is 54.1 Å².